The van der Waals surface area contributed by atoms with Crippen molar-refractivity contribution in [2.45, 2.75) is 25.9 Å². The number of nitrogens with one attached hydrogen (secondary N) is 1. The molecule has 0 fully saturated rings. The van der Waals surface area contributed by atoms with Crippen molar-refractivity contribution in [2.24, 2.45) is 0 Å². The Balaban J connectivity index is 1.17. The topological polar surface area (TPSA) is 133 Å². The van der Waals surface area contributed by atoms with E-state index in [1.165, 1.54) is 0 Å². The molecule has 2 amide bonds. The Hall–Kier alpha value is -4.20. The van der Waals surface area contributed by atoms with Crippen molar-refractivity contribution in [1.82, 2.24) is 35.0 Å². The Morgan fingerprint density at radius 3 is 2.73 bits per heavy atom. The minimum Gasteiger partial charge on any atom is -0.484 e. The molecule has 0 aliphatic carbocycles. The van der Waals surface area contributed by atoms with Crippen molar-refractivity contribution in [3.63, 3.8) is 0 Å². The third-order valence-electron chi connectivity index (χ3n) is 5.96. The number of ether oxygens (including phenoxy) is 1. The SMILES string of the molecule is N#Cc1ccc(OCC(=O)N2CCc3cc(C(=O)N4CCc5[nH]nnc5C4)nn3CC2)cc1. The number of hydrogen-bond donors (Lipinski definition) is 1. The second-order valence-electron chi connectivity index (χ2n) is 8.01. The van der Waals surface area contributed by atoms with Crippen LogP contribution in [0, 0.1) is 11.3 Å². The molecule has 2 aromatic heterocycles. The highest BCUT2D eigenvalue weighted by atomic mass is 16.5. The zero-order valence-electron chi connectivity index (χ0n) is 17.9. The normalized spacial score (nSPS) is 15.2. The number of amides is 2. The number of hydrogen-bond acceptors (Lipinski definition) is 7. The Morgan fingerprint density at radius 2 is 1.91 bits per heavy atom. The number of aromatic amines is 1. The standard InChI is InChI=1S/C22H22N8O3/c23-12-15-1-3-17(4-2-15)33-14-21(31)28-7-5-16-11-19(26-30(16)10-9-28)22(32)29-8-6-18-20(13-29)25-27-24-18/h1-4,11H,5-10,13-14H2,(H,24,25,27). The van der Waals surface area contributed by atoms with Crippen LogP contribution in [0.25, 0.3) is 0 Å². The van der Waals surface area contributed by atoms with Crippen LogP contribution >= 0.6 is 0 Å². The fraction of sp³-hybridized carbons (Fsp3) is 0.364. The largest absolute Gasteiger partial charge is 0.484 e. The summed E-state index contributed by atoms with van der Waals surface area (Å²) in [6.45, 7) is 2.48. The molecule has 0 atom stereocenters. The van der Waals surface area contributed by atoms with Gasteiger partial charge in [0, 0.05) is 38.2 Å². The predicted octanol–water partition coefficient (Wildman–Crippen LogP) is 0.535. The highest BCUT2D eigenvalue weighted by molar-refractivity contribution is 5.92. The molecule has 2 aliphatic rings. The van der Waals surface area contributed by atoms with Crippen molar-refractivity contribution < 1.29 is 14.3 Å². The van der Waals surface area contributed by atoms with E-state index < -0.39 is 0 Å². The van der Waals surface area contributed by atoms with E-state index in [2.05, 4.69) is 20.5 Å². The molecule has 4 heterocycles. The number of fused-ring (bicyclic) bond motifs is 2. The maximum Gasteiger partial charge on any atom is 0.274 e. The molecule has 0 radical (unpaired) electrons. The lowest BCUT2D eigenvalue weighted by atomic mass is 10.1. The molecule has 2 aliphatic heterocycles. The number of carbonyl (C=O) groups is 2. The number of aromatic nitrogens is 5. The molecule has 0 spiro atoms. The van der Waals surface area contributed by atoms with Gasteiger partial charge in [0.25, 0.3) is 11.8 Å². The van der Waals surface area contributed by atoms with Gasteiger partial charge in [0.1, 0.15) is 11.4 Å². The molecule has 0 saturated carbocycles. The van der Waals surface area contributed by atoms with Crippen LogP contribution in [0.3, 0.4) is 0 Å². The Morgan fingerprint density at radius 1 is 1.09 bits per heavy atom. The quantitative estimate of drug-likeness (QED) is 0.618. The zero-order valence-corrected chi connectivity index (χ0v) is 17.9. The molecule has 11 nitrogen and oxygen atoms in total. The van der Waals surface area contributed by atoms with E-state index in [1.54, 1.807) is 34.1 Å². The Bertz CT molecular complexity index is 1200. The van der Waals surface area contributed by atoms with E-state index in [4.69, 9.17) is 10.00 Å². The van der Waals surface area contributed by atoms with E-state index in [0.29, 0.717) is 62.6 Å². The summed E-state index contributed by atoms with van der Waals surface area (Å²) in [5, 5.41) is 24.1. The van der Waals surface area contributed by atoms with Crippen LogP contribution in [0.1, 0.15) is 33.1 Å². The average Bonchev–Trinajstić information content (AvgIpc) is 3.44. The summed E-state index contributed by atoms with van der Waals surface area (Å²) in [5.74, 6) is 0.315. The van der Waals surface area contributed by atoms with E-state index in [-0.39, 0.29) is 18.4 Å². The monoisotopic (exact) mass is 446 g/mol. The number of nitrogens with zero attached hydrogens (tertiary/aromatic N) is 7. The van der Waals surface area contributed by atoms with Crippen molar-refractivity contribution in [3.05, 3.63) is 58.7 Å². The molecule has 3 aromatic rings. The molecule has 168 valence electrons. The van der Waals surface area contributed by atoms with Gasteiger partial charge in [-0.05, 0) is 30.3 Å². The van der Waals surface area contributed by atoms with Crippen LogP contribution < -0.4 is 4.74 Å². The van der Waals surface area contributed by atoms with Gasteiger partial charge in [-0.1, -0.05) is 5.21 Å². The maximum absolute atomic E-state index is 13.0. The average molecular weight is 446 g/mol. The lowest BCUT2D eigenvalue weighted by Crippen LogP contribution is -2.37. The summed E-state index contributed by atoms with van der Waals surface area (Å²) in [7, 11) is 0. The molecule has 0 bridgehead atoms. The van der Waals surface area contributed by atoms with Gasteiger partial charge in [-0.15, -0.1) is 5.10 Å². The van der Waals surface area contributed by atoms with Crippen molar-refractivity contribution in [1.29, 1.82) is 5.26 Å². The van der Waals surface area contributed by atoms with Crippen molar-refractivity contribution in [3.8, 4) is 11.8 Å². The minimum atomic E-state index is -0.118. The molecule has 1 aromatic carbocycles. The second-order valence-corrected chi connectivity index (χ2v) is 8.01. The van der Waals surface area contributed by atoms with E-state index in [9.17, 15) is 9.59 Å². The highest BCUT2D eigenvalue weighted by Gasteiger charge is 2.27. The van der Waals surface area contributed by atoms with E-state index in [1.807, 2.05) is 16.8 Å². The van der Waals surface area contributed by atoms with Gasteiger partial charge in [0.15, 0.2) is 12.3 Å². The van der Waals surface area contributed by atoms with E-state index >= 15 is 0 Å². The summed E-state index contributed by atoms with van der Waals surface area (Å²) >= 11 is 0. The fourth-order valence-corrected chi connectivity index (χ4v) is 4.08. The Labute approximate surface area is 189 Å². The van der Waals surface area contributed by atoms with Gasteiger partial charge in [0.05, 0.1) is 30.4 Å². The first-order valence-corrected chi connectivity index (χ1v) is 10.8. The Kier molecular flexibility index (Phi) is 5.48. The summed E-state index contributed by atoms with van der Waals surface area (Å²) in [6, 6.07) is 10.5. The van der Waals surface area contributed by atoms with Crippen LogP contribution in [-0.2, 0) is 30.7 Å². The van der Waals surface area contributed by atoms with Gasteiger partial charge < -0.3 is 14.5 Å². The van der Waals surface area contributed by atoms with Crippen LogP contribution in [0.5, 0.6) is 5.75 Å². The maximum atomic E-state index is 13.0. The first-order valence-electron chi connectivity index (χ1n) is 10.8. The number of benzene rings is 1. The number of nitriles is 1. The lowest BCUT2D eigenvalue weighted by molar-refractivity contribution is -0.133. The summed E-state index contributed by atoms with van der Waals surface area (Å²) in [4.78, 5) is 29.1. The number of H-pyrrole nitrogens is 1. The summed E-state index contributed by atoms with van der Waals surface area (Å²) in [6.07, 6.45) is 1.31. The summed E-state index contributed by atoms with van der Waals surface area (Å²) < 4.78 is 7.38. The van der Waals surface area contributed by atoms with Crippen molar-refractivity contribution >= 4 is 11.8 Å². The van der Waals surface area contributed by atoms with E-state index in [0.717, 1.165) is 17.1 Å². The number of rotatable bonds is 4. The molecular formula is C22H22N8O3. The molecule has 11 heteroatoms. The number of carbonyl (C=O) groups excluding carboxylic acids is 2. The van der Waals surface area contributed by atoms with Gasteiger partial charge in [-0.3, -0.25) is 19.4 Å². The van der Waals surface area contributed by atoms with Gasteiger partial charge in [-0.25, -0.2) is 0 Å². The molecule has 0 saturated heterocycles. The highest BCUT2D eigenvalue weighted by Crippen LogP contribution is 2.18. The van der Waals surface area contributed by atoms with Crippen LogP contribution in [-0.4, -0.2) is 73.0 Å². The third-order valence-corrected chi connectivity index (χ3v) is 5.96. The molecule has 5 rings (SSSR count). The van der Waals surface area contributed by atoms with Crippen molar-refractivity contribution in [2.75, 3.05) is 26.2 Å². The second kappa shape index (κ2) is 8.74. The fourth-order valence-electron chi connectivity index (χ4n) is 4.08. The van der Waals surface area contributed by atoms with Gasteiger partial charge in [0.2, 0.25) is 0 Å². The molecular weight excluding hydrogens is 424 g/mol. The third kappa shape index (κ3) is 4.27. The van der Waals surface area contributed by atoms with Crippen LogP contribution in [0.2, 0.25) is 0 Å². The zero-order chi connectivity index (χ0) is 22.8. The van der Waals surface area contributed by atoms with Crippen LogP contribution in [0.15, 0.2) is 30.3 Å². The first kappa shape index (κ1) is 20.7. The van der Waals surface area contributed by atoms with Gasteiger partial charge >= 0.3 is 0 Å². The first-order chi connectivity index (χ1) is 16.1. The predicted molar refractivity (Wildman–Crippen MR) is 114 cm³/mol. The van der Waals surface area contributed by atoms with Crippen LogP contribution in [0.4, 0.5) is 0 Å². The smallest absolute Gasteiger partial charge is 0.274 e. The molecule has 0 unspecified atom stereocenters. The molecule has 1 N–H and O–H groups in total. The minimum absolute atomic E-state index is 0.0725. The summed E-state index contributed by atoms with van der Waals surface area (Å²) in [5.41, 5.74) is 3.67. The lowest BCUT2D eigenvalue weighted by Gasteiger charge is -2.24. The molecule has 33 heavy (non-hydrogen) atoms. The van der Waals surface area contributed by atoms with Gasteiger partial charge in [-0.2, -0.15) is 10.4 Å².